The van der Waals surface area contributed by atoms with E-state index in [-0.39, 0.29) is 0 Å². The largest absolute Gasteiger partial charge is 0.399 e. The second-order valence-electron chi connectivity index (χ2n) is 3.74. The summed E-state index contributed by atoms with van der Waals surface area (Å²) in [6.45, 7) is 2.02. The molecular formula is C15H15N. The van der Waals surface area contributed by atoms with E-state index in [1.807, 2.05) is 37.3 Å². The molecule has 0 saturated heterocycles. The van der Waals surface area contributed by atoms with Crippen LogP contribution in [0, 0.1) is 0 Å². The predicted molar refractivity (Wildman–Crippen MR) is 71.0 cm³/mol. The molecule has 16 heavy (non-hydrogen) atoms. The SMILES string of the molecule is C/C=C\c1ccc(-c2ccc(N)cc2)cc1. The van der Waals surface area contributed by atoms with E-state index in [1.165, 1.54) is 16.7 Å². The Hall–Kier alpha value is -2.02. The summed E-state index contributed by atoms with van der Waals surface area (Å²) in [7, 11) is 0. The van der Waals surface area contributed by atoms with Gasteiger partial charge in [0.15, 0.2) is 0 Å². The molecule has 80 valence electrons. The van der Waals surface area contributed by atoms with Crippen molar-refractivity contribution in [3.05, 3.63) is 60.2 Å². The second kappa shape index (κ2) is 4.67. The molecule has 2 N–H and O–H groups in total. The first-order chi connectivity index (χ1) is 7.79. The summed E-state index contributed by atoms with van der Waals surface area (Å²) in [4.78, 5) is 0. The van der Waals surface area contributed by atoms with Gasteiger partial charge < -0.3 is 5.73 Å². The Morgan fingerprint density at radius 1 is 0.812 bits per heavy atom. The van der Waals surface area contributed by atoms with Crippen LogP contribution < -0.4 is 5.73 Å². The molecule has 0 aromatic heterocycles. The molecule has 0 bridgehead atoms. The van der Waals surface area contributed by atoms with Crippen molar-refractivity contribution in [3.8, 4) is 11.1 Å². The number of hydrogen-bond acceptors (Lipinski definition) is 1. The summed E-state index contributed by atoms with van der Waals surface area (Å²) in [5.41, 5.74) is 10.1. The normalized spacial score (nSPS) is 10.8. The molecule has 1 nitrogen and oxygen atoms in total. The van der Waals surface area contributed by atoms with E-state index in [2.05, 4.69) is 30.3 Å². The van der Waals surface area contributed by atoms with Gasteiger partial charge in [0.05, 0.1) is 0 Å². The number of benzene rings is 2. The van der Waals surface area contributed by atoms with Crippen molar-refractivity contribution in [2.45, 2.75) is 6.92 Å². The van der Waals surface area contributed by atoms with E-state index in [1.54, 1.807) is 0 Å². The first kappa shape index (κ1) is 10.5. The molecule has 0 fully saturated rings. The van der Waals surface area contributed by atoms with Gasteiger partial charge in [-0.2, -0.15) is 0 Å². The molecule has 0 radical (unpaired) electrons. The lowest BCUT2D eigenvalue weighted by Gasteiger charge is -2.02. The number of nitrogen functional groups attached to an aromatic ring is 1. The Morgan fingerprint density at radius 2 is 1.31 bits per heavy atom. The Labute approximate surface area is 96.2 Å². The van der Waals surface area contributed by atoms with Crippen LogP contribution in [0.1, 0.15) is 12.5 Å². The van der Waals surface area contributed by atoms with Gasteiger partial charge in [-0.15, -0.1) is 0 Å². The fraction of sp³-hybridized carbons (Fsp3) is 0.0667. The third-order valence-electron chi connectivity index (χ3n) is 2.51. The maximum atomic E-state index is 5.66. The van der Waals surface area contributed by atoms with Crippen molar-refractivity contribution in [2.24, 2.45) is 0 Å². The average molecular weight is 209 g/mol. The predicted octanol–water partition coefficient (Wildman–Crippen LogP) is 3.97. The molecule has 0 atom stereocenters. The van der Waals surface area contributed by atoms with Gasteiger partial charge in [0.2, 0.25) is 0 Å². The lowest BCUT2D eigenvalue weighted by molar-refractivity contribution is 1.59. The minimum atomic E-state index is 0.800. The van der Waals surface area contributed by atoms with Gasteiger partial charge in [-0.3, -0.25) is 0 Å². The van der Waals surface area contributed by atoms with E-state index in [9.17, 15) is 0 Å². The Morgan fingerprint density at radius 3 is 1.81 bits per heavy atom. The zero-order chi connectivity index (χ0) is 11.4. The third kappa shape index (κ3) is 2.31. The van der Waals surface area contributed by atoms with Crippen LogP contribution in [0.15, 0.2) is 54.6 Å². The zero-order valence-corrected chi connectivity index (χ0v) is 9.35. The minimum absolute atomic E-state index is 0.800. The number of anilines is 1. The van der Waals surface area contributed by atoms with E-state index >= 15 is 0 Å². The van der Waals surface area contributed by atoms with Gasteiger partial charge in [0, 0.05) is 5.69 Å². The number of hydrogen-bond donors (Lipinski definition) is 1. The van der Waals surface area contributed by atoms with Crippen molar-refractivity contribution < 1.29 is 0 Å². The molecule has 2 aromatic rings. The third-order valence-corrected chi connectivity index (χ3v) is 2.51. The van der Waals surface area contributed by atoms with Crippen LogP contribution >= 0.6 is 0 Å². The highest BCUT2D eigenvalue weighted by Gasteiger charge is 1.96. The summed E-state index contributed by atoms with van der Waals surface area (Å²) in [6.07, 6.45) is 4.13. The highest BCUT2D eigenvalue weighted by molar-refractivity contribution is 5.67. The van der Waals surface area contributed by atoms with Crippen LogP contribution in [-0.2, 0) is 0 Å². The molecule has 0 heterocycles. The van der Waals surface area contributed by atoms with Crippen molar-refractivity contribution in [1.29, 1.82) is 0 Å². The fourth-order valence-corrected chi connectivity index (χ4v) is 1.65. The van der Waals surface area contributed by atoms with Gasteiger partial charge in [-0.1, -0.05) is 48.6 Å². The molecular weight excluding hydrogens is 194 g/mol. The van der Waals surface area contributed by atoms with Crippen LogP contribution in [0.25, 0.3) is 17.2 Å². The van der Waals surface area contributed by atoms with Crippen molar-refractivity contribution in [3.63, 3.8) is 0 Å². The molecule has 0 amide bonds. The van der Waals surface area contributed by atoms with Crippen LogP contribution in [0.3, 0.4) is 0 Å². The van der Waals surface area contributed by atoms with Gasteiger partial charge in [-0.25, -0.2) is 0 Å². The summed E-state index contributed by atoms with van der Waals surface area (Å²) in [5.74, 6) is 0. The highest BCUT2D eigenvalue weighted by Crippen LogP contribution is 2.21. The van der Waals surface area contributed by atoms with Crippen LogP contribution in [-0.4, -0.2) is 0 Å². The number of allylic oxidation sites excluding steroid dienone is 1. The quantitative estimate of drug-likeness (QED) is 0.744. The maximum Gasteiger partial charge on any atom is 0.0314 e. The Balaban J connectivity index is 2.31. The van der Waals surface area contributed by atoms with Crippen LogP contribution in [0.2, 0.25) is 0 Å². The topological polar surface area (TPSA) is 26.0 Å². The molecule has 0 aliphatic carbocycles. The van der Waals surface area contributed by atoms with E-state index in [0.29, 0.717) is 0 Å². The molecule has 0 saturated carbocycles. The van der Waals surface area contributed by atoms with Gasteiger partial charge in [0.25, 0.3) is 0 Å². The Bertz CT molecular complexity index is 478. The van der Waals surface area contributed by atoms with Gasteiger partial charge >= 0.3 is 0 Å². The summed E-state index contributed by atoms with van der Waals surface area (Å²) < 4.78 is 0. The number of rotatable bonds is 2. The summed E-state index contributed by atoms with van der Waals surface area (Å²) in [5, 5.41) is 0. The molecule has 1 heteroatoms. The summed E-state index contributed by atoms with van der Waals surface area (Å²) >= 11 is 0. The molecule has 0 spiro atoms. The first-order valence-electron chi connectivity index (χ1n) is 5.38. The smallest absolute Gasteiger partial charge is 0.0314 e. The van der Waals surface area contributed by atoms with E-state index < -0.39 is 0 Å². The first-order valence-corrected chi connectivity index (χ1v) is 5.38. The van der Waals surface area contributed by atoms with Crippen LogP contribution in [0.4, 0.5) is 5.69 Å². The maximum absolute atomic E-state index is 5.66. The van der Waals surface area contributed by atoms with Crippen molar-refractivity contribution in [2.75, 3.05) is 5.73 Å². The number of nitrogens with two attached hydrogens (primary N) is 1. The minimum Gasteiger partial charge on any atom is -0.399 e. The molecule has 0 aliphatic rings. The monoisotopic (exact) mass is 209 g/mol. The molecule has 2 aromatic carbocycles. The van der Waals surface area contributed by atoms with E-state index in [0.717, 1.165) is 5.69 Å². The van der Waals surface area contributed by atoms with Gasteiger partial charge in [0.1, 0.15) is 0 Å². The molecule has 2 rings (SSSR count). The molecule has 0 unspecified atom stereocenters. The van der Waals surface area contributed by atoms with Gasteiger partial charge in [-0.05, 0) is 35.7 Å². The van der Waals surface area contributed by atoms with Crippen molar-refractivity contribution in [1.82, 2.24) is 0 Å². The van der Waals surface area contributed by atoms with Crippen molar-refractivity contribution >= 4 is 11.8 Å². The fourth-order valence-electron chi connectivity index (χ4n) is 1.65. The standard InChI is InChI=1S/C15H15N/c1-2-3-12-4-6-13(7-5-12)14-8-10-15(16)11-9-14/h2-11H,16H2,1H3/b3-2-. The lowest BCUT2D eigenvalue weighted by atomic mass is 10.0. The van der Waals surface area contributed by atoms with Crippen LogP contribution in [0.5, 0.6) is 0 Å². The lowest BCUT2D eigenvalue weighted by Crippen LogP contribution is -1.84. The highest BCUT2D eigenvalue weighted by atomic mass is 14.5. The molecule has 0 aliphatic heterocycles. The second-order valence-corrected chi connectivity index (χ2v) is 3.74. The zero-order valence-electron chi connectivity index (χ0n) is 9.35. The Kier molecular flexibility index (Phi) is 3.06. The average Bonchev–Trinajstić information content (AvgIpc) is 2.32. The summed E-state index contributed by atoms with van der Waals surface area (Å²) in [6, 6.07) is 16.4. The van der Waals surface area contributed by atoms with E-state index in [4.69, 9.17) is 5.73 Å².